The third kappa shape index (κ3) is 3.63. The van der Waals surface area contributed by atoms with Crippen molar-refractivity contribution in [3.63, 3.8) is 0 Å². The van der Waals surface area contributed by atoms with Gasteiger partial charge in [0.05, 0.1) is 19.2 Å². The summed E-state index contributed by atoms with van der Waals surface area (Å²) in [7, 11) is 1.66. The van der Waals surface area contributed by atoms with Gasteiger partial charge in [-0.2, -0.15) is 0 Å². The van der Waals surface area contributed by atoms with Crippen LogP contribution in [0.25, 0.3) is 10.9 Å². The number of hydrogen-bond acceptors (Lipinski definition) is 3. The SMILES string of the molecule is CCOc1cccc2c1cc(C(=O)NC1CC1)n2Cc1cccc(OC)c1. The lowest BCUT2D eigenvalue weighted by Gasteiger charge is -2.12. The van der Waals surface area contributed by atoms with Gasteiger partial charge in [-0.15, -0.1) is 0 Å². The highest BCUT2D eigenvalue weighted by atomic mass is 16.5. The number of amides is 1. The number of nitrogens with zero attached hydrogens (tertiary/aromatic N) is 1. The van der Waals surface area contributed by atoms with Crippen LogP contribution in [-0.4, -0.2) is 30.2 Å². The molecule has 4 rings (SSSR count). The standard InChI is InChI=1S/C22H24N2O3/c1-3-27-21-9-5-8-19-18(21)13-20(22(25)23-16-10-11-16)24(19)14-15-6-4-7-17(12-15)26-2/h4-9,12-13,16H,3,10-11,14H2,1-2H3,(H,23,25). The van der Waals surface area contributed by atoms with Crippen molar-refractivity contribution in [3.05, 3.63) is 59.8 Å². The second kappa shape index (κ2) is 7.35. The zero-order valence-electron chi connectivity index (χ0n) is 15.7. The number of benzene rings is 2. The second-order valence-electron chi connectivity index (χ2n) is 6.84. The number of carbonyl (C=O) groups excluding carboxylic acids is 1. The molecule has 2 aromatic carbocycles. The van der Waals surface area contributed by atoms with Gasteiger partial charge in [0, 0.05) is 18.0 Å². The maximum Gasteiger partial charge on any atom is 0.268 e. The number of rotatable bonds is 7. The Kier molecular flexibility index (Phi) is 4.75. The third-order valence-electron chi connectivity index (χ3n) is 4.83. The van der Waals surface area contributed by atoms with Crippen LogP contribution < -0.4 is 14.8 Å². The zero-order chi connectivity index (χ0) is 18.8. The van der Waals surface area contributed by atoms with E-state index in [1.807, 2.05) is 55.5 Å². The highest BCUT2D eigenvalue weighted by Crippen LogP contribution is 2.31. The van der Waals surface area contributed by atoms with Gasteiger partial charge in [0.2, 0.25) is 0 Å². The van der Waals surface area contributed by atoms with Crippen LogP contribution >= 0.6 is 0 Å². The van der Waals surface area contributed by atoms with Crippen LogP contribution in [0, 0.1) is 0 Å². The van der Waals surface area contributed by atoms with Gasteiger partial charge in [-0.25, -0.2) is 0 Å². The van der Waals surface area contributed by atoms with Gasteiger partial charge >= 0.3 is 0 Å². The van der Waals surface area contributed by atoms with E-state index in [9.17, 15) is 4.79 Å². The molecule has 1 N–H and O–H groups in total. The van der Waals surface area contributed by atoms with E-state index in [0.29, 0.717) is 24.9 Å². The van der Waals surface area contributed by atoms with Gasteiger partial charge in [0.1, 0.15) is 17.2 Å². The van der Waals surface area contributed by atoms with E-state index in [1.165, 1.54) is 0 Å². The molecule has 0 atom stereocenters. The summed E-state index contributed by atoms with van der Waals surface area (Å²) in [6.07, 6.45) is 2.12. The minimum Gasteiger partial charge on any atom is -0.497 e. The Balaban J connectivity index is 1.79. The Labute approximate surface area is 158 Å². The number of fused-ring (bicyclic) bond motifs is 1. The number of carbonyl (C=O) groups is 1. The Morgan fingerprint density at radius 1 is 1.19 bits per heavy atom. The predicted octanol–water partition coefficient (Wildman–Crippen LogP) is 3.99. The maximum atomic E-state index is 12.9. The van der Waals surface area contributed by atoms with E-state index < -0.39 is 0 Å². The van der Waals surface area contributed by atoms with Crippen LogP contribution in [0.1, 0.15) is 35.8 Å². The molecule has 0 aliphatic heterocycles. The van der Waals surface area contributed by atoms with E-state index in [1.54, 1.807) is 7.11 Å². The van der Waals surface area contributed by atoms with Crippen molar-refractivity contribution in [2.45, 2.75) is 32.4 Å². The highest BCUT2D eigenvalue weighted by molar-refractivity contribution is 6.00. The molecule has 1 heterocycles. The molecule has 1 aliphatic rings. The van der Waals surface area contributed by atoms with Crippen molar-refractivity contribution in [2.24, 2.45) is 0 Å². The Hall–Kier alpha value is -2.95. The molecule has 1 aromatic heterocycles. The summed E-state index contributed by atoms with van der Waals surface area (Å²) >= 11 is 0. The lowest BCUT2D eigenvalue weighted by atomic mass is 10.2. The Morgan fingerprint density at radius 3 is 2.74 bits per heavy atom. The molecule has 0 radical (unpaired) electrons. The normalized spacial score (nSPS) is 13.6. The van der Waals surface area contributed by atoms with Crippen molar-refractivity contribution < 1.29 is 14.3 Å². The second-order valence-corrected chi connectivity index (χ2v) is 6.84. The van der Waals surface area contributed by atoms with E-state index in [-0.39, 0.29) is 5.91 Å². The molecule has 0 bridgehead atoms. The number of ether oxygens (including phenoxy) is 2. The van der Waals surface area contributed by atoms with Crippen LogP contribution in [0.3, 0.4) is 0 Å². The average molecular weight is 364 g/mol. The topological polar surface area (TPSA) is 52.5 Å². The minimum atomic E-state index is -0.0287. The first-order chi connectivity index (χ1) is 13.2. The lowest BCUT2D eigenvalue weighted by molar-refractivity contribution is 0.0942. The summed E-state index contributed by atoms with van der Waals surface area (Å²) in [4.78, 5) is 12.9. The van der Waals surface area contributed by atoms with E-state index >= 15 is 0 Å². The lowest BCUT2D eigenvalue weighted by Crippen LogP contribution is -2.27. The van der Waals surface area contributed by atoms with Crippen molar-refractivity contribution in [1.29, 1.82) is 0 Å². The van der Waals surface area contributed by atoms with Gasteiger partial charge in [-0.3, -0.25) is 4.79 Å². The van der Waals surface area contributed by atoms with Crippen molar-refractivity contribution in [1.82, 2.24) is 9.88 Å². The molecule has 140 valence electrons. The molecule has 3 aromatic rings. The molecule has 0 unspecified atom stereocenters. The summed E-state index contributed by atoms with van der Waals surface area (Å²) in [5.74, 6) is 1.59. The number of hydrogen-bond donors (Lipinski definition) is 1. The fourth-order valence-electron chi connectivity index (χ4n) is 3.34. The summed E-state index contributed by atoms with van der Waals surface area (Å²) in [6, 6.07) is 16.1. The molecule has 1 saturated carbocycles. The van der Waals surface area contributed by atoms with Crippen molar-refractivity contribution in [3.8, 4) is 11.5 Å². The average Bonchev–Trinajstić information content (AvgIpc) is 3.42. The van der Waals surface area contributed by atoms with E-state index in [4.69, 9.17) is 9.47 Å². The number of nitrogens with one attached hydrogen (secondary N) is 1. The molecular formula is C22H24N2O3. The van der Waals surface area contributed by atoms with Gasteiger partial charge < -0.3 is 19.4 Å². The smallest absolute Gasteiger partial charge is 0.268 e. The molecule has 5 heteroatoms. The first-order valence-corrected chi connectivity index (χ1v) is 9.38. The van der Waals surface area contributed by atoms with Gasteiger partial charge in [0.25, 0.3) is 5.91 Å². The van der Waals surface area contributed by atoms with E-state index in [2.05, 4.69) is 9.88 Å². The quantitative estimate of drug-likeness (QED) is 0.690. The predicted molar refractivity (Wildman–Crippen MR) is 106 cm³/mol. The van der Waals surface area contributed by atoms with Gasteiger partial charge in [-0.1, -0.05) is 18.2 Å². The molecule has 27 heavy (non-hydrogen) atoms. The van der Waals surface area contributed by atoms with Gasteiger partial charge in [0.15, 0.2) is 0 Å². The number of methoxy groups -OCH3 is 1. The summed E-state index contributed by atoms with van der Waals surface area (Å²) in [5.41, 5.74) is 2.73. The highest BCUT2D eigenvalue weighted by Gasteiger charge is 2.26. The monoisotopic (exact) mass is 364 g/mol. The molecule has 1 fully saturated rings. The molecule has 0 spiro atoms. The largest absolute Gasteiger partial charge is 0.497 e. The van der Waals surface area contributed by atoms with Crippen LogP contribution in [0.2, 0.25) is 0 Å². The summed E-state index contributed by atoms with van der Waals surface area (Å²) in [6.45, 7) is 3.14. The van der Waals surface area contributed by atoms with Crippen LogP contribution in [0.15, 0.2) is 48.5 Å². The summed E-state index contributed by atoms with van der Waals surface area (Å²) in [5, 5.41) is 4.07. The molecule has 1 aliphatic carbocycles. The third-order valence-corrected chi connectivity index (χ3v) is 4.83. The Bertz CT molecular complexity index is 973. The van der Waals surface area contributed by atoms with Gasteiger partial charge in [-0.05, 0) is 55.7 Å². The van der Waals surface area contributed by atoms with Crippen molar-refractivity contribution >= 4 is 16.8 Å². The summed E-state index contributed by atoms with van der Waals surface area (Å²) < 4.78 is 13.2. The van der Waals surface area contributed by atoms with E-state index in [0.717, 1.165) is 40.8 Å². The van der Waals surface area contributed by atoms with Crippen molar-refractivity contribution in [2.75, 3.05) is 13.7 Å². The van der Waals surface area contributed by atoms with Crippen LogP contribution in [0.5, 0.6) is 11.5 Å². The zero-order valence-corrected chi connectivity index (χ0v) is 15.7. The fraction of sp³-hybridized carbons (Fsp3) is 0.318. The first-order valence-electron chi connectivity index (χ1n) is 9.38. The number of aromatic nitrogens is 1. The first kappa shape index (κ1) is 17.5. The minimum absolute atomic E-state index is 0.0287. The molecule has 0 saturated heterocycles. The molecule has 5 nitrogen and oxygen atoms in total. The fourth-order valence-corrected chi connectivity index (χ4v) is 3.34. The van der Waals surface area contributed by atoms with Crippen LogP contribution in [-0.2, 0) is 6.54 Å². The molecule has 1 amide bonds. The Morgan fingerprint density at radius 2 is 2.00 bits per heavy atom. The maximum absolute atomic E-state index is 12.9. The molecular weight excluding hydrogens is 340 g/mol. The van der Waals surface area contributed by atoms with Crippen LogP contribution in [0.4, 0.5) is 0 Å².